The van der Waals surface area contributed by atoms with Crippen LogP contribution in [0.4, 0.5) is 5.69 Å². The largest absolute Gasteiger partial charge is 0.459 e. The van der Waals surface area contributed by atoms with Gasteiger partial charge in [0, 0.05) is 5.69 Å². The van der Waals surface area contributed by atoms with Gasteiger partial charge >= 0.3 is 5.97 Å². The van der Waals surface area contributed by atoms with E-state index < -0.39 is 30.4 Å². The summed E-state index contributed by atoms with van der Waals surface area (Å²) in [6.45, 7) is 0.953. The Hall–Kier alpha value is -3.60. The zero-order valence-corrected chi connectivity index (χ0v) is 14.0. The first-order chi connectivity index (χ1) is 12.5. The van der Waals surface area contributed by atoms with E-state index in [2.05, 4.69) is 10.6 Å². The molecule has 0 aliphatic heterocycles. The number of esters is 1. The minimum absolute atomic E-state index is 0.0715. The van der Waals surface area contributed by atoms with Crippen molar-refractivity contribution in [2.75, 3.05) is 11.9 Å². The molecule has 0 aliphatic rings. The average Bonchev–Trinajstić information content (AvgIpc) is 3.16. The summed E-state index contributed by atoms with van der Waals surface area (Å²) in [4.78, 5) is 35.4. The number of nitrogens with zero attached hydrogens (tertiary/aromatic N) is 1. The maximum atomic E-state index is 11.8. The number of hydrogen-bond acceptors (Lipinski definition) is 6. The molecule has 2 rings (SSSR count). The van der Waals surface area contributed by atoms with E-state index in [1.807, 2.05) is 6.07 Å². The van der Waals surface area contributed by atoms with Crippen LogP contribution in [0.5, 0.6) is 0 Å². The number of nitrogens with one attached hydrogen (secondary N) is 2. The molecule has 2 aromatic rings. The summed E-state index contributed by atoms with van der Waals surface area (Å²) in [6.07, 6.45) is 1.63. The summed E-state index contributed by atoms with van der Waals surface area (Å²) < 4.78 is 9.80. The van der Waals surface area contributed by atoms with Crippen molar-refractivity contribution in [2.45, 2.75) is 19.4 Å². The molecule has 1 aromatic heterocycles. The first-order valence-electron chi connectivity index (χ1n) is 7.76. The van der Waals surface area contributed by atoms with Gasteiger partial charge < -0.3 is 19.8 Å². The van der Waals surface area contributed by atoms with E-state index in [1.165, 1.54) is 19.3 Å². The molecule has 0 aliphatic carbocycles. The zero-order chi connectivity index (χ0) is 18.9. The number of ether oxygens (including phenoxy) is 1. The molecule has 134 valence electrons. The quantitative estimate of drug-likeness (QED) is 0.728. The minimum atomic E-state index is -0.939. The lowest BCUT2D eigenvalue weighted by molar-refractivity contribution is -0.148. The highest BCUT2D eigenvalue weighted by Gasteiger charge is 2.20. The van der Waals surface area contributed by atoms with Gasteiger partial charge in [0.15, 0.2) is 12.4 Å². The maximum absolute atomic E-state index is 11.8. The number of hydrogen-bond donors (Lipinski definition) is 2. The highest BCUT2D eigenvalue weighted by Crippen LogP contribution is 2.09. The van der Waals surface area contributed by atoms with Crippen LogP contribution in [0.25, 0.3) is 0 Å². The van der Waals surface area contributed by atoms with Gasteiger partial charge in [0.1, 0.15) is 6.04 Å². The molecule has 8 nitrogen and oxygen atoms in total. The molecule has 0 unspecified atom stereocenters. The van der Waals surface area contributed by atoms with Crippen LogP contribution in [0.2, 0.25) is 0 Å². The molecule has 0 saturated heterocycles. The van der Waals surface area contributed by atoms with Crippen molar-refractivity contribution in [3.8, 4) is 6.07 Å². The van der Waals surface area contributed by atoms with Gasteiger partial charge in [-0.3, -0.25) is 9.59 Å². The molecule has 2 N–H and O–H groups in total. The Balaban J connectivity index is 1.76. The third kappa shape index (κ3) is 5.49. The molecule has 1 heterocycles. The SMILES string of the molecule is C[C@H](NC(=O)c1ccco1)C(=O)OCC(=O)Nc1ccc(CC#N)cc1. The van der Waals surface area contributed by atoms with Gasteiger partial charge in [-0.15, -0.1) is 0 Å². The van der Waals surface area contributed by atoms with Crippen molar-refractivity contribution in [3.63, 3.8) is 0 Å². The summed E-state index contributed by atoms with van der Waals surface area (Å²) in [5, 5.41) is 13.6. The Morgan fingerprint density at radius 3 is 2.58 bits per heavy atom. The standard InChI is InChI=1S/C18H17N3O5/c1-12(20-17(23)15-3-2-10-25-15)18(24)26-11-16(22)21-14-6-4-13(5-7-14)8-9-19/h2-7,10,12H,8,11H2,1H3,(H,20,23)(H,21,22)/t12-/m0/s1. The summed E-state index contributed by atoms with van der Waals surface area (Å²) in [7, 11) is 0. The summed E-state index contributed by atoms with van der Waals surface area (Å²) >= 11 is 0. The third-order valence-electron chi connectivity index (χ3n) is 3.31. The lowest BCUT2D eigenvalue weighted by Gasteiger charge is -2.12. The predicted octanol–water partition coefficient (Wildman–Crippen LogP) is 1.65. The summed E-state index contributed by atoms with van der Waals surface area (Å²) in [5.74, 6) is -1.75. The Labute approximate surface area is 149 Å². The maximum Gasteiger partial charge on any atom is 0.328 e. The van der Waals surface area contributed by atoms with Crippen molar-refractivity contribution in [3.05, 3.63) is 54.0 Å². The van der Waals surface area contributed by atoms with E-state index in [-0.39, 0.29) is 12.2 Å². The van der Waals surface area contributed by atoms with Crippen molar-refractivity contribution >= 4 is 23.5 Å². The number of furan rings is 1. The second kappa shape index (κ2) is 9.03. The Kier molecular flexibility index (Phi) is 6.51. The van der Waals surface area contributed by atoms with Gasteiger partial charge in [-0.25, -0.2) is 4.79 Å². The average molecular weight is 355 g/mol. The molecule has 0 saturated carbocycles. The molecule has 0 radical (unpaired) electrons. The van der Waals surface area contributed by atoms with E-state index in [9.17, 15) is 14.4 Å². The van der Waals surface area contributed by atoms with E-state index in [0.717, 1.165) is 5.56 Å². The number of carbonyl (C=O) groups is 3. The first-order valence-corrected chi connectivity index (χ1v) is 7.76. The first kappa shape index (κ1) is 18.7. The Bertz CT molecular complexity index is 806. The minimum Gasteiger partial charge on any atom is -0.459 e. The molecule has 8 heteroatoms. The highest BCUT2D eigenvalue weighted by atomic mass is 16.5. The van der Waals surface area contributed by atoms with Gasteiger partial charge in [0.2, 0.25) is 0 Å². The van der Waals surface area contributed by atoms with Crippen LogP contribution < -0.4 is 10.6 Å². The molecular weight excluding hydrogens is 338 g/mol. The third-order valence-corrected chi connectivity index (χ3v) is 3.31. The van der Waals surface area contributed by atoms with Gasteiger partial charge in [0.05, 0.1) is 18.8 Å². The number of amides is 2. The molecule has 26 heavy (non-hydrogen) atoms. The number of benzene rings is 1. The number of rotatable bonds is 7. The van der Waals surface area contributed by atoms with Crippen LogP contribution in [0, 0.1) is 11.3 Å². The van der Waals surface area contributed by atoms with Crippen molar-refractivity contribution < 1.29 is 23.5 Å². The topological polar surface area (TPSA) is 121 Å². The molecule has 2 amide bonds. The smallest absolute Gasteiger partial charge is 0.328 e. The Morgan fingerprint density at radius 1 is 1.23 bits per heavy atom. The van der Waals surface area contributed by atoms with Crippen LogP contribution in [0.3, 0.4) is 0 Å². The summed E-state index contributed by atoms with van der Waals surface area (Å²) in [6, 6.07) is 10.8. The van der Waals surface area contributed by atoms with Gasteiger partial charge in [-0.1, -0.05) is 12.1 Å². The van der Waals surface area contributed by atoms with Crippen LogP contribution >= 0.6 is 0 Å². The van der Waals surface area contributed by atoms with Crippen molar-refractivity contribution in [2.24, 2.45) is 0 Å². The van der Waals surface area contributed by atoms with Gasteiger partial charge in [-0.05, 0) is 36.8 Å². The number of anilines is 1. The van der Waals surface area contributed by atoms with Crippen LogP contribution in [-0.2, 0) is 20.7 Å². The lowest BCUT2D eigenvalue weighted by Crippen LogP contribution is -2.40. The normalized spacial score (nSPS) is 11.1. The Morgan fingerprint density at radius 2 is 1.96 bits per heavy atom. The monoisotopic (exact) mass is 355 g/mol. The number of nitriles is 1. The fourth-order valence-corrected chi connectivity index (χ4v) is 1.99. The van der Waals surface area contributed by atoms with Gasteiger partial charge in [0.25, 0.3) is 11.8 Å². The second-order valence-electron chi connectivity index (χ2n) is 5.36. The van der Waals surface area contributed by atoms with Crippen LogP contribution in [0.1, 0.15) is 23.0 Å². The molecule has 1 atom stereocenters. The predicted molar refractivity (Wildman–Crippen MR) is 91.0 cm³/mol. The molecule has 0 bridgehead atoms. The van der Waals surface area contributed by atoms with E-state index in [4.69, 9.17) is 14.4 Å². The van der Waals surface area contributed by atoms with Crippen molar-refractivity contribution in [1.29, 1.82) is 5.26 Å². The van der Waals surface area contributed by atoms with Crippen LogP contribution in [0.15, 0.2) is 47.1 Å². The zero-order valence-electron chi connectivity index (χ0n) is 14.0. The molecule has 0 spiro atoms. The van der Waals surface area contributed by atoms with E-state index in [0.29, 0.717) is 5.69 Å². The highest BCUT2D eigenvalue weighted by molar-refractivity contribution is 5.95. The molecule has 1 aromatic carbocycles. The number of carbonyl (C=O) groups excluding carboxylic acids is 3. The lowest BCUT2D eigenvalue weighted by atomic mass is 10.1. The van der Waals surface area contributed by atoms with Crippen molar-refractivity contribution in [1.82, 2.24) is 5.32 Å². The fourth-order valence-electron chi connectivity index (χ4n) is 1.99. The van der Waals surface area contributed by atoms with E-state index in [1.54, 1.807) is 30.3 Å². The molecular formula is C18H17N3O5. The fraction of sp³-hybridized carbons (Fsp3) is 0.222. The second-order valence-corrected chi connectivity index (χ2v) is 5.36. The van der Waals surface area contributed by atoms with Crippen LogP contribution in [-0.4, -0.2) is 30.4 Å². The molecule has 0 fully saturated rings. The summed E-state index contributed by atoms with van der Waals surface area (Å²) in [5.41, 5.74) is 1.35. The van der Waals surface area contributed by atoms with Gasteiger partial charge in [-0.2, -0.15) is 5.26 Å². The van der Waals surface area contributed by atoms with E-state index >= 15 is 0 Å².